The van der Waals surface area contributed by atoms with Crippen LogP contribution in [0.5, 0.6) is 5.75 Å². The van der Waals surface area contributed by atoms with E-state index in [0.29, 0.717) is 23.6 Å². The molecule has 6 nitrogen and oxygen atoms in total. The minimum Gasteiger partial charge on any atom is -0.507 e. The number of benzene rings is 3. The first kappa shape index (κ1) is 21.5. The maximum Gasteiger partial charge on any atom is 0.300 e. The minimum absolute atomic E-state index is 0.0559. The minimum atomic E-state index is -0.811. The highest BCUT2D eigenvalue weighted by atomic mass is 16.5. The number of carbonyl (C=O) groups excluding carboxylic acids is 2. The molecular weight excluding hydrogens is 428 g/mol. The Morgan fingerprint density at radius 3 is 2.56 bits per heavy atom. The number of anilines is 1. The first-order valence-electron chi connectivity index (χ1n) is 11.2. The highest BCUT2D eigenvalue weighted by Gasteiger charge is 2.47. The molecule has 1 atom stereocenters. The van der Waals surface area contributed by atoms with E-state index >= 15 is 0 Å². The molecule has 1 saturated heterocycles. The summed E-state index contributed by atoms with van der Waals surface area (Å²) in [6, 6.07) is 21.2. The third kappa shape index (κ3) is 3.53. The van der Waals surface area contributed by atoms with E-state index in [-0.39, 0.29) is 11.3 Å². The van der Waals surface area contributed by atoms with Gasteiger partial charge in [0, 0.05) is 40.0 Å². The first-order valence-corrected chi connectivity index (χ1v) is 11.2. The smallest absolute Gasteiger partial charge is 0.300 e. The molecule has 6 heteroatoms. The number of ketones is 1. The summed E-state index contributed by atoms with van der Waals surface area (Å²) >= 11 is 0. The lowest BCUT2D eigenvalue weighted by molar-refractivity contribution is -0.132. The van der Waals surface area contributed by atoms with Gasteiger partial charge in [-0.05, 0) is 32.0 Å². The van der Waals surface area contributed by atoms with E-state index in [4.69, 9.17) is 4.74 Å². The van der Waals surface area contributed by atoms with Gasteiger partial charge in [0.15, 0.2) is 0 Å². The number of ether oxygens (including phenoxy) is 1. The molecule has 2 N–H and O–H groups in total. The Labute approximate surface area is 197 Å². The van der Waals surface area contributed by atoms with Crippen molar-refractivity contribution in [2.75, 3.05) is 11.5 Å². The van der Waals surface area contributed by atoms with Gasteiger partial charge in [0.1, 0.15) is 11.5 Å². The van der Waals surface area contributed by atoms with Crippen LogP contribution in [0.2, 0.25) is 0 Å². The Kier molecular flexibility index (Phi) is 5.42. The van der Waals surface area contributed by atoms with Gasteiger partial charge in [0.05, 0.1) is 18.2 Å². The Hall–Kier alpha value is -4.32. The van der Waals surface area contributed by atoms with Crippen LogP contribution >= 0.6 is 0 Å². The molecule has 2 heterocycles. The van der Waals surface area contributed by atoms with Crippen LogP contribution in [0.25, 0.3) is 16.7 Å². The predicted octanol–water partition coefficient (Wildman–Crippen LogP) is 5.50. The van der Waals surface area contributed by atoms with Crippen LogP contribution in [0.15, 0.2) is 84.6 Å². The van der Waals surface area contributed by atoms with Gasteiger partial charge in [0.2, 0.25) is 0 Å². The summed E-state index contributed by atoms with van der Waals surface area (Å²) < 4.78 is 5.63. The van der Waals surface area contributed by atoms with Crippen molar-refractivity contribution in [3.63, 3.8) is 0 Å². The number of Topliss-reactive ketones (excluding diaryl/α,β-unsaturated/α-hetero) is 1. The molecule has 1 aliphatic rings. The molecule has 1 aromatic heterocycles. The molecule has 170 valence electrons. The number of aromatic amines is 1. The van der Waals surface area contributed by atoms with E-state index in [9.17, 15) is 14.7 Å². The van der Waals surface area contributed by atoms with Crippen molar-refractivity contribution in [2.45, 2.75) is 19.9 Å². The molecule has 0 radical (unpaired) electrons. The van der Waals surface area contributed by atoms with Gasteiger partial charge in [-0.1, -0.05) is 54.1 Å². The summed E-state index contributed by atoms with van der Waals surface area (Å²) in [5.41, 5.74) is 3.69. The van der Waals surface area contributed by atoms with E-state index in [1.54, 1.807) is 42.6 Å². The molecule has 0 spiro atoms. The number of fused-ring (bicyclic) bond motifs is 1. The summed E-state index contributed by atoms with van der Waals surface area (Å²) in [6.07, 6.45) is 1.79. The van der Waals surface area contributed by atoms with Crippen LogP contribution in [0.4, 0.5) is 5.69 Å². The molecule has 1 aliphatic heterocycles. The lowest BCUT2D eigenvalue weighted by Crippen LogP contribution is -2.29. The van der Waals surface area contributed by atoms with Gasteiger partial charge in [0.25, 0.3) is 11.7 Å². The van der Waals surface area contributed by atoms with Gasteiger partial charge in [-0.3, -0.25) is 14.5 Å². The van der Waals surface area contributed by atoms with Crippen molar-refractivity contribution in [3.8, 4) is 5.75 Å². The maximum absolute atomic E-state index is 13.4. The Balaban J connectivity index is 1.75. The quantitative estimate of drug-likeness (QED) is 0.238. The van der Waals surface area contributed by atoms with E-state index < -0.39 is 17.7 Å². The van der Waals surface area contributed by atoms with Crippen LogP contribution < -0.4 is 9.64 Å². The van der Waals surface area contributed by atoms with E-state index in [1.165, 1.54) is 4.90 Å². The Morgan fingerprint density at radius 2 is 1.79 bits per heavy atom. The van der Waals surface area contributed by atoms with Crippen molar-refractivity contribution in [1.82, 2.24) is 4.98 Å². The van der Waals surface area contributed by atoms with Gasteiger partial charge in [-0.15, -0.1) is 0 Å². The fraction of sp³-hybridized carbons (Fsp3) is 0.143. The number of H-pyrrole nitrogens is 1. The van der Waals surface area contributed by atoms with Gasteiger partial charge < -0.3 is 14.8 Å². The third-order valence-electron chi connectivity index (χ3n) is 6.09. The average Bonchev–Trinajstić information content (AvgIpc) is 3.38. The summed E-state index contributed by atoms with van der Waals surface area (Å²) in [5.74, 6) is -1.03. The van der Waals surface area contributed by atoms with Crippen LogP contribution in [-0.2, 0) is 9.59 Å². The van der Waals surface area contributed by atoms with Gasteiger partial charge >= 0.3 is 0 Å². The summed E-state index contributed by atoms with van der Waals surface area (Å²) in [4.78, 5) is 31.4. The normalized spacial score (nSPS) is 17.5. The van der Waals surface area contributed by atoms with Crippen molar-refractivity contribution in [2.24, 2.45) is 0 Å². The van der Waals surface area contributed by atoms with Crippen molar-refractivity contribution in [3.05, 3.63) is 101 Å². The number of para-hydroxylation sites is 1. The van der Waals surface area contributed by atoms with Gasteiger partial charge in [-0.2, -0.15) is 0 Å². The molecule has 1 unspecified atom stereocenters. The number of rotatable bonds is 5. The highest BCUT2D eigenvalue weighted by Crippen LogP contribution is 2.44. The lowest BCUT2D eigenvalue weighted by Gasteiger charge is -2.25. The number of aliphatic hydroxyl groups excluding tert-OH is 1. The second kappa shape index (κ2) is 8.56. The predicted molar refractivity (Wildman–Crippen MR) is 132 cm³/mol. The number of aliphatic hydroxyl groups is 1. The van der Waals surface area contributed by atoms with Crippen molar-refractivity contribution in [1.29, 1.82) is 0 Å². The topological polar surface area (TPSA) is 82.6 Å². The largest absolute Gasteiger partial charge is 0.507 e. The second-order valence-electron chi connectivity index (χ2n) is 8.26. The Bertz CT molecular complexity index is 1430. The van der Waals surface area contributed by atoms with E-state index in [2.05, 4.69) is 4.98 Å². The zero-order chi connectivity index (χ0) is 23.8. The molecular formula is C28H24N2O4. The zero-order valence-electron chi connectivity index (χ0n) is 18.9. The van der Waals surface area contributed by atoms with Crippen LogP contribution in [0.3, 0.4) is 0 Å². The molecule has 0 saturated carbocycles. The maximum atomic E-state index is 13.4. The fourth-order valence-electron chi connectivity index (χ4n) is 4.47. The molecule has 3 aromatic carbocycles. The number of nitrogens with zero attached hydrogens (tertiary/aromatic N) is 1. The summed E-state index contributed by atoms with van der Waals surface area (Å²) in [7, 11) is 0. The summed E-state index contributed by atoms with van der Waals surface area (Å²) in [5, 5.41) is 12.2. The zero-order valence-corrected chi connectivity index (χ0v) is 18.9. The second-order valence-corrected chi connectivity index (χ2v) is 8.26. The monoisotopic (exact) mass is 452 g/mol. The SMILES string of the molecule is CCOc1cccc(N2C(=O)C(=O)/C(=C(/O)c3ccc(C)cc3)C2c2c[nH]c3ccccc23)c1. The van der Waals surface area contributed by atoms with E-state index in [1.807, 2.05) is 50.2 Å². The number of hydrogen-bond acceptors (Lipinski definition) is 4. The van der Waals surface area contributed by atoms with E-state index in [0.717, 1.165) is 22.0 Å². The number of amides is 1. The molecule has 0 bridgehead atoms. The van der Waals surface area contributed by atoms with Crippen LogP contribution in [0, 0.1) is 6.92 Å². The molecule has 1 fully saturated rings. The van der Waals surface area contributed by atoms with Crippen LogP contribution in [-0.4, -0.2) is 28.4 Å². The lowest BCUT2D eigenvalue weighted by atomic mass is 9.94. The standard InChI is InChI=1S/C28H24N2O4/c1-3-34-20-8-6-7-19(15-20)30-25(22-16-29-23-10-5-4-9-21(22)23)24(27(32)28(30)33)26(31)18-13-11-17(2)12-14-18/h4-16,25,29,31H,3H2,1-2H3/b26-24+. The van der Waals surface area contributed by atoms with Crippen molar-refractivity contribution >= 4 is 34.0 Å². The number of carbonyl (C=O) groups is 2. The van der Waals surface area contributed by atoms with Gasteiger partial charge in [-0.25, -0.2) is 0 Å². The highest BCUT2D eigenvalue weighted by molar-refractivity contribution is 6.51. The molecule has 0 aliphatic carbocycles. The fourth-order valence-corrected chi connectivity index (χ4v) is 4.47. The molecule has 4 aromatic rings. The number of aromatic nitrogens is 1. The Morgan fingerprint density at radius 1 is 1.03 bits per heavy atom. The summed E-state index contributed by atoms with van der Waals surface area (Å²) in [6.45, 7) is 4.30. The average molecular weight is 453 g/mol. The van der Waals surface area contributed by atoms with Crippen LogP contribution in [0.1, 0.15) is 29.7 Å². The number of nitrogens with one attached hydrogen (secondary N) is 1. The number of hydrogen-bond donors (Lipinski definition) is 2. The first-order chi connectivity index (χ1) is 16.5. The molecule has 5 rings (SSSR count). The van der Waals surface area contributed by atoms with Crippen molar-refractivity contribution < 1.29 is 19.4 Å². The third-order valence-corrected chi connectivity index (χ3v) is 6.09. The molecule has 34 heavy (non-hydrogen) atoms. The molecule has 1 amide bonds. The number of aryl methyl sites for hydroxylation is 1.